The minimum atomic E-state index is -4.74. The number of para-hydroxylation sites is 1. The first-order chi connectivity index (χ1) is 19.7. The SMILES string of the molecule is CC1CSC(=NN=Cc2ccc(-c3ncn(-c4ccc(OC(F)(F)F)cc4)n3)cc2)N(c2ccccc2C(C)C)C1. The van der Waals surface area contributed by atoms with Gasteiger partial charge in [-0.25, -0.2) is 9.67 Å². The minimum Gasteiger partial charge on any atom is -0.406 e. The van der Waals surface area contributed by atoms with Crippen LogP contribution in [0, 0.1) is 5.92 Å². The number of nitrogens with zero attached hydrogens (tertiary/aromatic N) is 6. The molecule has 1 aromatic heterocycles. The van der Waals surface area contributed by atoms with Gasteiger partial charge in [-0.1, -0.05) is 75.0 Å². The number of benzene rings is 3. The smallest absolute Gasteiger partial charge is 0.406 e. The van der Waals surface area contributed by atoms with Crippen LogP contribution in [0.5, 0.6) is 5.75 Å². The summed E-state index contributed by atoms with van der Waals surface area (Å²) in [6.45, 7) is 7.55. The molecule has 4 aromatic rings. The molecule has 1 fully saturated rings. The fraction of sp³-hybridized carbons (Fsp3) is 0.267. The molecular weight excluding hydrogens is 549 g/mol. The maximum absolute atomic E-state index is 12.4. The second-order valence-corrected chi connectivity index (χ2v) is 11.0. The predicted octanol–water partition coefficient (Wildman–Crippen LogP) is 7.54. The van der Waals surface area contributed by atoms with E-state index in [0.717, 1.165) is 28.6 Å². The van der Waals surface area contributed by atoms with Crippen molar-refractivity contribution in [3.05, 3.63) is 90.3 Å². The van der Waals surface area contributed by atoms with Gasteiger partial charge in [-0.05, 0) is 53.3 Å². The van der Waals surface area contributed by atoms with Crippen molar-refractivity contribution in [1.29, 1.82) is 0 Å². The highest BCUT2D eigenvalue weighted by Gasteiger charge is 2.31. The zero-order valence-electron chi connectivity index (χ0n) is 22.8. The Morgan fingerprint density at radius 3 is 2.46 bits per heavy atom. The maximum atomic E-state index is 12.4. The zero-order chi connectivity index (χ0) is 29.0. The normalized spacial score (nSPS) is 17.1. The number of thioether (sulfide) groups is 1. The molecule has 2 heterocycles. The molecule has 1 saturated heterocycles. The van der Waals surface area contributed by atoms with Crippen molar-refractivity contribution in [2.24, 2.45) is 16.1 Å². The number of amidine groups is 1. The summed E-state index contributed by atoms with van der Waals surface area (Å²) < 4.78 is 42.6. The lowest BCUT2D eigenvalue weighted by molar-refractivity contribution is -0.274. The molecule has 0 N–H and O–H groups in total. The molecular formula is C30H29F3N6OS. The van der Waals surface area contributed by atoms with E-state index < -0.39 is 6.36 Å². The van der Waals surface area contributed by atoms with Crippen LogP contribution in [0.25, 0.3) is 17.1 Å². The number of hydrogen-bond acceptors (Lipinski definition) is 6. The molecule has 11 heteroatoms. The monoisotopic (exact) mass is 578 g/mol. The average Bonchev–Trinajstić information content (AvgIpc) is 3.44. The summed E-state index contributed by atoms with van der Waals surface area (Å²) in [5.74, 6) is 2.12. The summed E-state index contributed by atoms with van der Waals surface area (Å²) in [7, 11) is 0. The fourth-order valence-corrected chi connectivity index (χ4v) is 5.40. The third-order valence-corrected chi connectivity index (χ3v) is 7.71. The predicted molar refractivity (Wildman–Crippen MR) is 158 cm³/mol. The minimum absolute atomic E-state index is 0.298. The van der Waals surface area contributed by atoms with E-state index in [9.17, 15) is 13.2 Å². The molecule has 1 aliphatic heterocycles. The third kappa shape index (κ3) is 7.15. The summed E-state index contributed by atoms with van der Waals surface area (Å²) in [6.07, 6.45) is -1.51. The Morgan fingerprint density at radius 1 is 1.02 bits per heavy atom. The fourth-order valence-electron chi connectivity index (χ4n) is 4.43. The van der Waals surface area contributed by atoms with E-state index in [1.807, 2.05) is 24.3 Å². The molecule has 41 heavy (non-hydrogen) atoms. The van der Waals surface area contributed by atoms with Gasteiger partial charge in [-0.3, -0.25) is 0 Å². The van der Waals surface area contributed by atoms with E-state index in [0.29, 0.717) is 23.3 Å². The number of ether oxygens (including phenoxy) is 1. The summed E-state index contributed by atoms with van der Waals surface area (Å²) in [4.78, 5) is 6.61. The largest absolute Gasteiger partial charge is 0.573 e. The van der Waals surface area contributed by atoms with Gasteiger partial charge < -0.3 is 9.64 Å². The summed E-state index contributed by atoms with van der Waals surface area (Å²) in [5, 5.41) is 14.3. The Morgan fingerprint density at radius 2 is 1.76 bits per heavy atom. The van der Waals surface area contributed by atoms with Crippen LogP contribution >= 0.6 is 11.8 Å². The number of aromatic nitrogens is 3. The van der Waals surface area contributed by atoms with Gasteiger partial charge in [0.1, 0.15) is 12.1 Å². The van der Waals surface area contributed by atoms with Crippen LogP contribution in [0.15, 0.2) is 89.3 Å². The molecule has 3 aromatic carbocycles. The van der Waals surface area contributed by atoms with Crippen molar-refractivity contribution in [2.45, 2.75) is 33.1 Å². The van der Waals surface area contributed by atoms with Gasteiger partial charge in [0.25, 0.3) is 0 Å². The van der Waals surface area contributed by atoms with Crippen LogP contribution in [0.4, 0.5) is 18.9 Å². The number of anilines is 1. The summed E-state index contributed by atoms with van der Waals surface area (Å²) >= 11 is 1.72. The highest BCUT2D eigenvalue weighted by atomic mass is 32.2. The van der Waals surface area contributed by atoms with Crippen molar-refractivity contribution in [2.75, 3.05) is 17.2 Å². The quantitative estimate of drug-likeness (QED) is 0.167. The second-order valence-electron chi connectivity index (χ2n) is 10.0. The van der Waals surface area contributed by atoms with Gasteiger partial charge in [0, 0.05) is 23.5 Å². The Kier molecular flexibility index (Phi) is 8.44. The number of halogens is 3. The van der Waals surface area contributed by atoms with Gasteiger partial charge in [-0.2, -0.15) is 5.10 Å². The van der Waals surface area contributed by atoms with E-state index in [4.69, 9.17) is 0 Å². The Hall–Kier alpha value is -4.12. The van der Waals surface area contributed by atoms with E-state index >= 15 is 0 Å². The second kappa shape index (κ2) is 12.2. The van der Waals surface area contributed by atoms with Gasteiger partial charge in [0.2, 0.25) is 0 Å². The molecule has 0 aliphatic carbocycles. The van der Waals surface area contributed by atoms with Crippen LogP contribution in [0.1, 0.15) is 37.8 Å². The number of rotatable bonds is 7. The van der Waals surface area contributed by atoms with Gasteiger partial charge >= 0.3 is 6.36 Å². The first-order valence-electron chi connectivity index (χ1n) is 13.1. The Bertz CT molecular complexity index is 1530. The standard InChI is InChI=1S/C30H29F3N6OS/c1-20(2)26-6-4-5-7-27(26)38-17-21(3)18-41-29(38)36-35-16-22-8-10-23(11-9-22)28-34-19-39(37-28)24-12-14-25(15-13-24)40-30(31,32)33/h4-16,19-21H,17-18H2,1-3H3. The van der Waals surface area contributed by atoms with Crippen LogP contribution in [-0.4, -0.2) is 44.8 Å². The van der Waals surface area contributed by atoms with Crippen LogP contribution in [0.3, 0.4) is 0 Å². The van der Waals surface area contributed by atoms with Crippen LogP contribution in [-0.2, 0) is 0 Å². The molecule has 0 spiro atoms. The van der Waals surface area contributed by atoms with E-state index in [1.165, 1.54) is 46.5 Å². The highest BCUT2D eigenvalue weighted by molar-refractivity contribution is 8.14. The first-order valence-corrected chi connectivity index (χ1v) is 14.1. The van der Waals surface area contributed by atoms with Crippen molar-refractivity contribution < 1.29 is 17.9 Å². The molecule has 7 nitrogen and oxygen atoms in total. The summed E-state index contributed by atoms with van der Waals surface area (Å²) in [5.41, 5.74) is 4.69. The van der Waals surface area contributed by atoms with Gasteiger partial charge in [0.15, 0.2) is 11.0 Å². The van der Waals surface area contributed by atoms with Crippen LogP contribution in [0.2, 0.25) is 0 Å². The third-order valence-electron chi connectivity index (χ3n) is 6.42. The molecule has 1 atom stereocenters. The van der Waals surface area contributed by atoms with Crippen molar-refractivity contribution in [3.63, 3.8) is 0 Å². The Balaban J connectivity index is 1.28. The van der Waals surface area contributed by atoms with Crippen molar-refractivity contribution >= 4 is 28.8 Å². The molecule has 1 aliphatic rings. The van der Waals surface area contributed by atoms with E-state index in [1.54, 1.807) is 18.0 Å². The lowest BCUT2D eigenvalue weighted by Crippen LogP contribution is -2.39. The summed E-state index contributed by atoms with van der Waals surface area (Å²) in [6, 6.07) is 21.5. The maximum Gasteiger partial charge on any atom is 0.573 e. The molecule has 1 unspecified atom stereocenters. The van der Waals surface area contributed by atoms with Gasteiger partial charge in [-0.15, -0.1) is 23.4 Å². The number of hydrogen-bond donors (Lipinski definition) is 0. The highest BCUT2D eigenvalue weighted by Crippen LogP contribution is 2.33. The van der Waals surface area contributed by atoms with E-state index in [-0.39, 0.29) is 5.75 Å². The first kappa shape index (κ1) is 28.4. The van der Waals surface area contributed by atoms with Crippen molar-refractivity contribution in [1.82, 2.24) is 14.8 Å². The zero-order valence-corrected chi connectivity index (χ0v) is 23.6. The molecule has 5 rings (SSSR count). The van der Waals surface area contributed by atoms with E-state index in [2.05, 4.69) is 75.0 Å². The van der Waals surface area contributed by atoms with Gasteiger partial charge in [0.05, 0.1) is 11.9 Å². The molecule has 212 valence electrons. The average molecular weight is 579 g/mol. The molecule has 0 bridgehead atoms. The van der Waals surface area contributed by atoms with Crippen LogP contribution < -0.4 is 9.64 Å². The lowest BCUT2D eigenvalue weighted by atomic mass is 10.00. The molecule has 0 amide bonds. The lowest BCUT2D eigenvalue weighted by Gasteiger charge is -2.34. The molecule has 0 saturated carbocycles. The molecule has 0 radical (unpaired) electrons. The number of alkyl halides is 3. The Labute approximate surface area is 240 Å². The topological polar surface area (TPSA) is 67.9 Å². The van der Waals surface area contributed by atoms with Crippen molar-refractivity contribution in [3.8, 4) is 22.8 Å².